The van der Waals surface area contributed by atoms with E-state index in [1.54, 1.807) is 18.2 Å². The lowest BCUT2D eigenvalue weighted by Gasteiger charge is -2.25. The van der Waals surface area contributed by atoms with Crippen LogP contribution in [0.5, 0.6) is 0 Å². The summed E-state index contributed by atoms with van der Waals surface area (Å²) in [5, 5.41) is 16.9. The van der Waals surface area contributed by atoms with Crippen molar-refractivity contribution in [2.24, 2.45) is 11.0 Å². The van der Waals surface area contributed by atoms with Gasteiger partial charge in [-0.05, 0) is 51.8 Å². The summed E-state index contributed by atoms with van der Waals surface area (Å²) in [7, 11) is 2.43. The van der Waals surface area contributed by atoms with Crippen LogP contribution in [0.2, 0.25) is 0 Å². The highest BCUT2D eigenvalue weighted by Crippen LogP contribution is 2.37. The van der Waals surface area contributed by atoms with Crippen LogP contribution >= 0.6 is 31.9 Å². The molecule has 2 aromatic carbocycles. The molecule has 0 bridgehead atoms. The van der Waals surface area contributed by atoms with Crippen molar-refractivity contribution < 1.29 is 24.0 Å². The summed E-state index contributed by atoms with van der Waals surface area (Å²) >= 11 is 6.82. The van der Waals surface area contributed by atoms with E-state index in [0.717, 1.165) is 4.47 Å². The zero-order chi connectivity index (χ0) is 22.0. The zero-order valence-corrected chi connectivity index (χ0v) is 18.9. The lowest BCUT2D eigenvalue weighted by atomic mass is 9.90. The van der Waals surface area contributed by atoms with Gasteiger partial charge in [0.15, 0.2) is 6.04 Å². The second-order valence-electron chi connectivity index (χ2n) is 6.20. The van der Waals surface area contributed by atoms with Crippen molar-refractivity contribution in [2.75, 3.05) is 19.2 Å². The molecule has 0 amide bonds. The van der Waals surface area contributed by atoms with E-state index in [1.807, 2.05) is 0 Å². The Hall–Kier alpha value is -2.79. The van der Waals surface area contributed by atoms with E-state index in [2.05, 4.69) is 37.0 Å². The molecule has 3 rings (SSSR count). The molecule has 0 aromatic heterocycles. The fourth-order valence-electron chi connectivity index (χ4n) is 3.12. The fourth-order valence-corrected chi connectivity index (χ4v) is 4.35. The third-order valence-electron chi connectivity index (χ3n) is 4.52. The van der Waals surface area contributed by atoms with Crippen molar-refractivity contribution in [3.05, 3.63) is 67.1 Å². The molecule has 0 N–H and O–H groups in total. The number of rotatable bonds is 5. The fraction of sp³-hybridized carbons (Fsp3) is 0.211. The van der Waals surface area contributed by atoms with E-state index in [4.69, 9.17) is 9.47 Å². The molecule has 0 unspecified atom stereocenters. The molecular weight excluding hydrogens is 526 g/mol. The number of methoxy groups -OCH3 is 2. The minimum absolute atomic E-state index is 0.107. The molecule has 1 aliphatic rings. The quantitative estimate of drug-likeness (QED) is 0.323. The Morgan fingerprint density at radius 2 is 1.70 bits per heavy atom. The van der Waals surface area contributed by atoms with Crippen LogP contribution in [0.4, 0.5) is 11.4 Å². The highest BCUT2D eigenvalue weighted by atomic mass is 79.9. The van der Waals surface area contributed by atoms with E-state index in [0.29, 0.717) is 15.7 Å². The van der Waals surface area contributed by atoms with Gasteiger partial charge in [0.1, 0.15) is 5.92 Å². The normalized spacial score (nSPS) is 18.0. The molecule has 0 saturated carbocycles. The first-order valence-corrected chi connectivity index (χ1v) is 10.1. The molecule has 11 heteroatoms. The van der Waals surface area contributed by atoms with E-state index in [-0.39, 0.29) is 11.4 Å². The van der Waals surface area contributed by atoms with Gasteiger partial charge in [-0.25, -0.2) is 9.80 Å². The number of anilines is 1. The standard InChI is InChI=1S/C19H15Br2N3O6/c1-29-18(25)15-16(10-3-6-12(7-4-10)24(27)28)22-23(17(15)19(26)30-2)14-8-5-11(20)9-13(14)21/h3-9,15,17H,1-2H3/t15-,17+/m1/s1. The average molecular weight is 541 g/mol. The maximum atomic E-state index is 12.7. The van der Waals surface area contributed by atoms with E-state index in [1.165, 1.54) is 43.5 Å². The number of esters is 2. The Balaban J connectivity index is 2.17. The van der Waals surface area contributed by atoms with Gasteiger partial charge in [-0.2, -0.15) is 5.10 Å². The van der Waals surface area contributed by atoms with Gasteiger partial charge in [0.25, 0.3) is 5.69 Å². The lowest BCUT2D eigenvalue weighted by Crippen LogP contribution is -2.45. The minimum Gasteiger partial charge on any atom is -0.468 e. The van der Waals surface area contributed by atoms with Gasteiger partial charge in [0, 0.05) is 21.1 Å². The topological polar surface area (TPSA) is 111 Å². The van der Waals surface area contributed by atoms with Crippen molar-refractivity contribution >= 4 is 60.9 Å². The molecule has 156 valence electrons. The third kappa shape index (κ3) is 4.08. The van der Waals surface area contributed by atoms with Crippen LogP contribution in [0.25, 0.3) is 0 Å². The molecule has 1 heterocycles. The molecular formula is C19H15Br2N3O6. The lowest BCUT2D eigenvalue weighted by molar-refractivity contribution is -0.384. The molecule has 9 nitrogen and oxygen atoms in total. The summed E-state index contributed by atoms with van der Waals surface area (Å²) in [6.07, 6.45) is 0. The largest absolute Gasteiger partial charge is 0.468 e. The number of hydrazone groups is 1. The number of halogens is 2. The summed E-state index contributed by atoms with van der Waals surface area (Å²) in [5.41, 5.74) is 1.10. The maximum absolute atomic E-state index is 12.7. The Kier molecular flexibility index (Phi) is 6.52. The number of nitro benzene ring substituents is 1. The van der Waals surface area contributed by atoms with Crippen LogP contribution in [-0.4, -0.2) is 42.8 Å². The van der Waals surface area contributed by atoms with Crippen molar-refractivity contribution in [3.63, 3.8) is 0 Å². The van der Waals surface area contributed by atoms with E-state index in [9.17, 15) is 19.7 Å². The van der Waals surface area contributed by atoms with Crippen molar-refractivity contribution in [2.45, 2.75) is 6.04 Å². The first kappa shape index (κ1) is 21.9. The van der Waals surface area contributed by atoms with E-state index < -0.39 is 28.8 Å². The maximum Gasteiger partial charge on any atom is 0.332 e. The van der Waals surface area contributed by atoms with Gasteiger partial charge in [0.05, 0.1) is 30.5 Å². The second kappa shape index (κ2) is 8.92. The first-order chi connectivity index (χ1) is 14.3. The number of carbonyl (C=O) groups excluding carboxylic acids is 2. The van der Waals surface area contributed by atoms with Crippen molar-refractivity contribution in [3.8, 4) is 0 Å². The molecule has 0 radical (unpaired) electrons. The summed E-state index contributed by atoms with van der Waals surface area (Å²) < 4.78 is 11.3. The number of nitro groups is 1. The van der Waals surface area contributed by atoms with Crippen LogP contribution in [0.1, 0.15) is 5.56 Å². The SMILES string of the molecule is COC(=O)[C@@H]1C(c2ccc([N+](=O)[O-])cc2)=NN(c2ccc(Br)cc2Br)[C@@H]1C(=O)OC. The smallest absolute Gasteiger partial charge is 0.332 e. The van der Waals surface area contributed by atoms with Crippen LogP contribution in [0.3, 0.4) is 0 Å². The average Bonchev–Trinajstić information content (AvgIpc) is 3.12. The number of hydrogen-bond donors (Lipinski definition) is 0. The zero-order valence-electron chi connectivity index (χ0n) is 15.7. The molecule has 0 spiro atoms. The molecule has 0 fully saturated rings. The monoisotopic (exact) mass is 539 g/mol. The molecule has 30 heavy (non-hydrogen) atoms. The van der Waals surface area contributed by atoms with Crippen LogP contribution in [0.15, 0.2) is 56.5 Å². The Labute approximate surface area is 188 Å². The summed E-state index contributed by atoms with van der Waals surface area (Å²) in [6, 6.07) is 9.69. The number of nitrogens with zero attached hydrogens (tertiary/aromatic N) is 3. The van der Waals surface area contributed by atoms with Crippen LogP contribution < -0.4 is 5.01 Å². The summed E-state index contributed by atoms with van der Waals surface area (Å²) in [4.78, 5) is 35.8. The number of carbonyl (C=O) groups is 2. The molecule has 2 atom stereocenters. The Morgan fingerprint density at radius 3 is 2.23 bits per heavy atom. The van der Waals surface area contributed by atoms with Gasteiger partial charge >= 0.3 is 11.9 Å². The van der Waals surface area contributed by atoms with Gasteiger partial charge in [-0.1, -0.05) is 15.9 Å². The highest BCUT2D eigenvalue weighted by molar-refractivity contribution is 9.11. The summed E-state index contributed by atoms with van der Waals surface area (Å²) in [5.74, 6) is -2.46. The van der Waals surface area contributed by atoms with Gasteiger partial charge < -0.3 is 9.47 Å². The number of ether oxygens (including phenoxy) is 2. The second-order valence-corrected chi connectivity index (χ2v) is 7.97. The minimum atomic E-state index is -1.12. The predicted molar refractivity (Wildman–Crippen MR) is 115 cm³/mol. The summed E-state index contributed by atoms with van der Waals surface area (Å²) in [6.45, 7) is 0. The number of non-ortho nitro benzene ring substituents is 1. The van der Waals surface area contributed by atoms with Gasteiger partial charge in [-0.15, -0.1) is 0 Å². The van der Waals surface area contributed by atoms with E-state index >= 15 is 0 Å². The van der Waals surface area contributed by atoms with Crippen LogP contribution in [-0.2, 0) is 19.1 Å². The predicted octanol–water partition coefficient (Wildman–Crippen LogP) is 3.67. The third-order valence-corrected chi connectivity index (χ3v) is 5.65. The Bertz CT molecular complexity index is 1040. The van der Waals surface area contributed by atoms with Crippen LogP contribution in [0, 0.1) is 16.0 Å². The van der Waals surface area contributed by atoms with Gasteiger partial charge in [-0.3, -0.25) is 14.9 Å². The highest BCUT2D eigenvalue weighted by Gasteiger charge is 2.49. The molecule has 0 saturated heterocycles. The Morgan fingerprint density at radius 1 is 1.07 bits per heavy atom. The molecule has 0 aliphatic carbocycles. The molecule has 1 aliphatic heterocycles. The molecule has 2 aromatic rings. The number of hydrogen-bond acceptors (Lipinski definition) is 8. The number of benzene rings is 2. The van der Waals surface area contributed by atoms with Gasteiger partial charge in [0.2, 0.25) is 0 Å². The van der Waals surface area contributed by atoms with Crippen molar-refractivity contribution in [1.82, 2.24) is 0 Å². The van der Waals surface area contributed by atoms with Crippen molar-refractivity contribution in [1.29, 1.82) is 0 Å². The first-order valence-electron chi connectivity index (χ1n) is 8.51.